The van der Waals surface area contributed by atoms with Gasteiger partial charge in [-0.15, -0.1) is 0 Å². The van der Waals surface area contributed by atoms with E-state index in [-0.39, 0.29) is 5.91 Å². The second-order valence-electron chi connectivity index (χ2n) is 4.59. The standard InChI is InChI=1S/C14H20N2O2/c1-3-10-4-7-13(18-2)12(8-10)16-14(17)9-15-11-5-6-11/h4,7-8,11,15H,3,5-6,9H2,1-2H3,(H,16,17). The molecule has 2 N–H and O–H groups in total. The molecule has 0 unspecified atom stereocenters. The Labute approximate surface area is 108 Å². The van der Waals surface area contributed by atoms with E-state index in [9.17, 15) is 4.79 Å². The van der Waals surface area contributed by atoms with Crippen LogP contribution in [0.3, 0.4) is 0 Å². The Bertz CT molecular complexity index is 428. The number of nitrogens with one attached hydrogen (secondary N) is 2. The van der Waals surface area contributed by atoms with E-state index >= 15 is 0 Å². The zero-order valence-corrected chi connectivity index (χ0v) is 11.0. The first-order valence-corrected chi connectivity index (χ1v) is 6.43. The molecule has 18 heavy (non-hydrogen) atoms. The van der Waals surface area contributed by atoms with E-state index in [0.717, 1.165) is 12.1 Å². The van der Waals surface area contributed by atoms with Gasteiger partial charge in [0.15, 0.2) is 0 Å². The van der Waals surface area contributed by atoms with Crippen LogP contribution in [0.2, 0.25) is 0 Å². The smallest absolute Gasteiger partial charge is 0.238 e. The molecular weight excluding hydrogens is 228 g/mol. The summed E-state index contributed by atoms with van der Waals surface area (Å²) in [6.45, 7) is 2.45. The van der Waals surface area contributed by atoms with Gasteiger partial charge in [-0.3, -0.25) is 4.79 Å². The molecule has 0 atom stereocenters. The van der Waals surface area contributed by atoms with Crippen LogP contribution >= 0.6 is 0 Å². The molecular formula is C14H20N2O2. The third kappa shape index (κ3) is 3.47. The van der Waals surface area contributed by atoms with Gasteiger partial charge in [-0.2, -0.15) is 0 Å². The van der Waals surface area contributed by atoms with Crippen LogP contribution in [0.25, 0.3) is 0 Å². The van der Waals surface area contributed by atoms with Crippen LogP contribution in [0.1, 0.15) is 25.3 Å². The predicted molar refractivity (Wildman–Crippen MR) is 72.0 cm³/mol. The molecule has 2 rings (SSSR count). The molecule has 0 bridgehead atoms. The Kier molecular flexibility index (Phi) is 4.20. The van der Waals surface area contributed by atoms with Crippen LogP contribution in [0, 0.1) is 0 Å². The summed E-state index contributed by atoms with van der Waals surface area (Å²) in [7, 11) is 1.61. The molecule has 1 aliphatic carbocycles. The highest BCUT2D eigenvalue weighted by molar-refractivity contribution is 5.93. The fourth-order valence-corrected chi connectivity index (χ4v) is 1.79. The van der Waals surface area contributed by atoms with Crippen molar-refractivity contribution in [2.45, 2.75) is 32.2 Å². The van der Waals surface area contributed by atoms with Gasteiger partial charge in [-0.25, -0.2) is 0 Å². The summed E-state index contributed by atoms with van der Waals surface area (Å²) in [5.41, 5.74) is 1.93. The summed E-state index contributed by atoms with van der Waals surface area (Å²) in [6, 6.07) is 6.41. The first-order valence-electron chi connectivity index (χ1n) is 6.43. The fourth-order valence-electron chi connectivity index (χ4n) is 1.79. The van der Waals surface area contributed by atoms with Crippen molar-refractivity contribution in [3.8, 4) is 5.75 Å². The first-order chi connectivity index (χ1) is 8.72. The van der Waals surface area contributed by atoms with Crippen molar-refractivity contribution in [2.75, 3.05) is 19.0 Å². The number of methoxy groups -OCH3 is 1. The van der Waals surface area contributed by atoms with Crippen molar-refractivity contribution < 1.29 is 9.53 Å². The molecule has 1 aromatic rings. The maximum Gasteiger partial charge on any atom is 0.238 e. The van der Waals surface area contributed by atoms with Crippen molar-refractivity contribution in [3.05, 3.63) is 23.8 Å². The van der Waals surface area contributed by atoms with Crippen molar-refractivity contribution in [1.82, 2.24) is 5.32 Å². The number of anilines is 1. The van der Waals surface area contributed by atoms with Crippen molar-refractivity contribution in [3.63, 3.8) is 0 Å². The highest BCUT2D eigenvalue weighted by atomic mass is 16.5. The van der Waals surface area contributed by atoms with Gasteiger partial charge in [-0.05, 0) is 37.0 Å². The lowest BCUT2D eigenvalue weighted by Crippen LogP contribution is -2.29. The quantitative estimate of drug-likeness (QED) is 0.809. The lowest BCUT2D eigenvalue weighted by atomic mass is 10.1. The Balaban J connectivity index is 1.98. The lowest BCUT2D eigenvalue weighted by Gasteiger charge is -2.12. The van der Waals surface area contributed by atoms with Crippen molar-refractivity contribution in [2.24, 2.45) is 0 Å². The Hall–Kier alpha value is -1.55. The van der Waals surface area contributed by atoms with Crippen LogP contribution in [-0.2, 0) is 11.2 Å². The van der Waals surface area contributed by atoms with E-state index in [1.165, 1.54) is 18.4 Å². The second kappa shape index (κ2) is 5.87. The van der Waals surface area contributed by atoms with E-state index in [0.29, 0.717) is 18.3 Å². The fraction of sp³-hybridized carbons (Fsp3) is 0.500. The summed E-state index contributed by atoms with van der Waals surface area (Å²) in [5.74, 6) is 0.681. The molecule has 1 aliphatic rings. The Morgan fingerprint density at radius 1 is 1.44 bits per heavy atom. The van der Waals surface area contributed by atoms with Crippen LogP contribution in [-0.4, -0.2) is 25.6 Å². The van der Waals surface area contributed by atoms with E-state index in [2.05, 4.69) is 17.6 Å². The highest BCUT2D eigenvalue weighted by Gasteiger charge is 2.21. The molecule has 4 nitrogen and oxygen atoms in total. The van der Waals surface area contributed by atoms with E-state index < -0.39 is 0 Å². The first kappa shape index (κ1) is 12.9. The summed E-state index contributed by atoms with van der Waals surface area (Å²) >= 11 is 0. The lowest BCUT2D eigenvalue weighted by molar-refractivity contribution is -0.115. The minimum atomic E-state index is -0.0200. The number of carbonyl (C=O) groups is 1. The molecule has 0 aliphatic heterocycles. The molecule has 98 valence electrons. The van der Waals surface area contributed by atoms with Crippen LogP contribution < -0.4 is 15.4 Å². The number of rotatable bonds is 6. The van der Waals surface area contributed by atoms with E-state index in [1.807, 2.05) is 18.2 Å². The molecule has 0 saturated heterocycles. The molecule has 0 aromatic heterocycles. The molecule has 0 spiro atoms. The van der Waals surface area contributed by atoms with Crippen molar-refractivity contribution in [1.29, 1.82) is 0 Å². The normalized spacial score (nSPS) is 14.3. The number of ether oxygens (including phenoxy) is 1. The van der Waals surface area contributed by atoms with Gasteiger partial charge in [0, 0.05) is 6.04 Å². The molecule has 1 fully saturated rings. The van der Waals surface area contributed by atoms with Gasteiger partial charge in [0.1, 0.15) is 5.75 Å². The largest absolute Gasteiger partial charge is 0.495 e. The maximum atomic E-state index is 11.8. The molecule has 1 amide bonds. The monoisotopic (exact) mass is 248 g/mol. The second-order valence-corrected chi connectivity index (χ2v) is 4.59. The predicted octanol–water partition coefficient (Wildman–Crippen LogP) is 1.95. The average Bonchev–Trinajstić information content (AvgIpc) is 3.20. The number of aryl methyl sites for hydroxylation is 1. The van der Waals surface area contributed by atoms with Crippen LogP contribution in [0.4, 0.5) is 5.69 Å². The molecule has 0 radical (unpaired) electrons. The summed E-state index contributed by atoms with van der Waals surface area (Å²) in [5, 5.41) is 6.08. The number of benzene rings is 1. The van der Waals surface area contributed by atoms with Gasteiger partial charge < -0.3 is 15.4 Å². The minimum absolute atomic E-state index is 0.0200. The van der Waals surface area contributed by atoms with Gasteiger partial charge in [0.25, 0.3) is 0 Å². The molecule has 4 heteroatoms. The van der Waals surface area contributed by atoms with Gasteiger partial charge in [0.2, 0.25) is 5.91 Å². The summed E-state index contributed by atoms with van der Waals surface area (Å²) < 4.78 is 5.25. The topological polar surface area (TPSA) is 50.4 Å². The number of amides is 1. The Morgan fingerprint density at radius 3 is 2.83 bits per heavy atom. The maximum absolute atomic E-state index is 11.8. The van der Waals surface area contributed by atoms with Gasteiger partial charge in [0.05, 0.1) is 19.3 Å². The van der Waals surface area contributed by atoms with Gasteiger partial charge in [-0.1, -0.05) is 13.0 Å². The number of hydrogen-bond donors (Lipinski definition) is 2. The molecule has 0 heterocycles. The highest BCUT2D eigenvalue weighted by Crippen LogP contribution is 2.25. The van der Waals surface area contributed by atoms with E-state index in [1.54, 1.807) is 7.11 Å². The third-order valence-corrected chi connectivity index (χ3v) is 3.07. The zero-order chi connectivity index (χ0) is 13.0. The Morgan fingerprint density at radius 2 is 2.22 bits per heavy atom. The van der Waals surface area contributed by atoms with Crippen molar-refractivity contribution >= 4 is 11.6 Å². The SMILES string of the molecule is CCc1ccc(OC)c(NC(=O)CNC2CC2)c1. The van der Waals surface area contributed by atoms with E-state index in [4.69, 9.17) is 4.74 Å². The number of carbonyl (C=O) groups excluding carboxylic acids is 1. The average molecular weight is 248 g/mol. The number of hydrogen-bond acceptors (Lipinski definition) is 3. The molecule has 1 saturated carbocycles. The van der Waals surface area contributed by atoms with Gasteiger partial charge >= 0.3 is 0 Å². The summed E-state index contributed by atoms with van der Waals surface area (Å²) in [4.78, 5) is 11.8. The summed E-state index contributed by atoms with van der Waals surface area (Å²) in [6.07, 6.45) is 3.30. The molecule has 1 aromatic carbocycles. The third-order valence-electron chi connectivity index (χ3n) is 3.07. The zero-order valence-electron chi connectivity index (χ0n) is 11.0. The minimum Gasteiger partial charge on any atom is -0.495 e. The van der Waals surface area contributed by atoms with Crippen LogP contribution in [0.5, 0.6) is 5.75 Å². The van der Waals surface area contributed by atoms with Crippen LogP contribution in [0.15, 0.2) is 18.2 Å².